The van der Waals surface area contributed by atoms with Crippen molar-refractivity contribution in [2.45, 2.75) is 84.5 Å². The molecule has 0 fully saturated rings. The van der Waals surface area contributed by atoms with Gasteiger partial charge in [-0.2, -0.15) is 0 Å². The lowest BCUT2D eigenvalue weighted by Crippen LogP contribution is -2.49. The molecule has 0 saturated heterocycles. The predicted molar refractivity (Wildman–Crippen MR) is 98.8 cm³/mol. The topological polar surface area (TPSA) is 9.23 Å². The van der Waals surface area contributed by atoms with Gasteiger partial charge >= 0.3 is 0 Å². The number of fused-ring (bicyclic) bond motifs is 1. The van der Waals surface area contributed by atoms with Crippen molar-refractivity contribution in [3.8, 4) is 0 Å². The normalized spacial score (nSPS) is 20.6. The molecule has 1 unspecified atom stereocenters. The van der Waals surface area contributed by atoms with Crippen molar-refractivity contribution >= 4 is 8.32 Å². The molecule has 0 heterocycles. The highest BCUT2D eigenvalue weighted by Crippen LogP contribution is 2.53. The van der Waals surface area contributed by atoms with Crippen LogP contribution in [0.3, 0.4) is 0 Å². The van der Waals surface area contributed by atoms with Crippen molar-refractivity contribution in [1.29, 1.82) is 0 Å². The first-order chi connectivity index (χ1) is 10.5. The Balaban J connectivity index is 2.50. The van der Waals surface area contributed by atoms with Gasteiger partial charge in [-0.15, -0.1) is 0 Å². The molecule has 1 aliphatic rings. The van der Waals surface area contributed by atoms with Gasteiger partial charge in [-0.25, -0.2) is 4.39 Å². The molecule has 1 aromatic rings. The Morgan fingerprint density at radius 2 is 1.57 bits per heavy atom. The second-order valence-corrected chi connectivity index (χ2v) is 14.2. The fourth-order valence-corrected chi connectivity index (χ4v) is 10.5. The third-order valence-corrected chi connectivity index (χ3v) is 11.8. The zero-order valence-corrected chi connectivity index (χ0v) is 17.0. The van der Waals surface area contributed by atoms with Crippen LogP contribution in [0.1, 0.15) is 72.6 Å². The summed E-state index contributed by atoms with van der Waals surface area (Å²) in [5, 5.41) is 0. The van der Waals surface area contributed by atoms with Crippen molar-refractivity contribution in [3.05, 3.63) is 35.1 Å². The molecule has 130 valence electrons. The molecule has 3 heteroatoms. The van der Waals surface area contributed by atoms with Crippen molar-refractivity contribution in [2.75, 3.05) is 0 Å². The highest BCUT2D eigenvalue weighted by Gasteiger charge is 2.51. The van der Waals surface area contributed by atoms with Gasteiger partial charge in [0.2, 0.25) is 8.32 Å². The molecule has 0 N–H and O–H groups in total. The van der Waals surface area contributed by atoms with Crippen LogP contribution < -0.4 is 0 Å². The fourth-order valence-electron chi connectivity index (χ4n) is 4.81. The van der Waals surface area contributed by atoms with Crippen LogP contribution in [0.15, 0.2) is 18.2 Å². The molecule has 1 aromatic carbocycles. The van der Waals surface area contributed by atoms with E-state index in [0.717, 1.165) is 12.0 Å². The average molecular weight is 337 g/mol. The van der Waals surface area contributed by atoms with E-state index < -0.39 is 8.32 Å². The van der Waals surface area contributed by atoms with Crippen LogP contribution in [-0.2, 0) is 10.8 Å². The van der Waals surface area contributed by atoms with Crippen LogP contribution in [0.4, 0.5) is 4.39 Å². The largest absolute Gasteiger partial charge is 0.409 e. The summed E-state index contributed by atoms with van der Waals surface area (Å²) in [6.45, 7) is 18.4. The summed E-state index contributed by atoms with van der Waals surface area (Å²) in [6, 6.07) is 5.23. The zero-order valence-electron chi connectivity index (χ0n) is 16.0. The van der Waals surface area contributed by atoms with Crippen molar-refractivity contribution < 1.29 is 8.82 Å². The zero-order chi connectivity index (χ0) is 17.6. The second-order valence-electron chi connectivity index (χ2n) is 8.82. The van der Waals surface area contributed by atoms with Crippen molar-refractivity contribution in [3.63, 3.8) is 0 Å². The number of benzene rings is 1. The van der Waals surface area contributed by atoms with E-state index in [-0.39, 0.29) is 17.3 Å². The highest BCUT2D eigenvalue weighted by molar-refractivity contribution is 6.77. The molecular weight excluding hydrogens is 303 g/mol. The quantitative estimate of drug-likeness (QED) is 0.547. The molecule has 0 spiro atoms. The van der Waals surface area contributed by atoms with E-state index in [2.05, 4.69) is 55.4 Å². The highest BCUT2D eigenvalue weighted by atomic mass is 28.4. The molecular formula is C20H33FOSi. The predicted octanol–water partition coefficient (Wildman–Crippen LogP) is 6.64. The number of hydrogen-bond donors (Lipinski definition) is 0. The summed E-state index contributed by atoms with van der Waals surface area (Å²) in [6.07, 6.45) is 0.971. The lowest BCUT2D eigenvalue weighted by Gasteiger charge is -2.46. The second kappa shape index (κ2) is 6.32. The maximum atomic E-state index is 13.9. The van der Waals surface area contributed by atoms with Crippen molar-refractivity contribution in [2.24, 2.45) is 5.41 Å². The van der Waals surface area contributed by atoms with Crippen LogP contribution in [0.25, 0.3) is 0 Å². The first kappa shape index (κ1) is 18.7. The molecule has 23 heavy (non-hydrogen) atoms. The minimum absolute atomic E-state index is 0.00654. The van der Waals surface area contributed by atoms with Gasteiger partial charge in [0.15, 0.2) is 0 Å². The summed E-state index contributed by atoms with van der Waals surface area (Å²) >= 11 is 0. The molecule has 2 rings (SSSR count). The number of halogens is 1. The van der Waals surface area contributed by atoms with Gasteiger partial charge in [0.25, 0.3) is 0 Å². The van der Waals surface area contributed by atoms with Crippen LogP contribution in [-0.4, -0.2) is 8.32 Å². The molecule has 0 aromatic heterocycles. The van der Waals surface area contributed by atoms with E-state index in [1.165, 1.54) is 5.56 Å². The van der Waals surface area contributed by atoms with Crippen LogP contribution in [0.5, 0.6) is 0 Å². The molecule has 0 radical (unpaired) electrons. The Bertz CT molecular complexity index is 541. The molecule has 0 bridgehead atoms. The van der Waals surface area contributed by atoms with Gasteiger partial charge in [0.1, 0.15) is 5.82 Å². The molecule has 1 aliphatic carbocycles. The Labute approximate surface area is 142 Å². The Hall–Kier alpha value is -0.673. The van der Waals surface area contributed by atoms with E-state index in [9.17, 15) is 4.39 Å². The van der Waals surface area contributed by atoms with Gasteiger partial charge in [-0.1, -0.05) is 61.5 Å². The first-order valence-electron chi connectivity index (χ1n) is 8.98. The number of rotatable bonds is 5. The first-order valence-corrected chi connectivity index (χ1v) is 11.1. The lowest BCUT2D eigenvalue weighted by molar-refractivity contribution is 0.0718. The summed E-state index contributed by atoms with van der Waals surface area (Å²) in [5.41, 5.74) is 3.96. The molecule has 0 amide bonds. The van der Waals surface area contributed by atoms with Gasteiger partial charge in [0, 0.05) is 0 Å². The third-order valence-electron chi connectivity index (χ3n) is 5.78. The van der Waals surface area contributed by atoms with Crippen LogP contribution in [0.2, 0.25) is 16.6 Å². The van der Waals surface area contributed by atoms with E-state index in [0.29, 0.717) is 16.6 Å². The molecule has 0 saturated carbocycles. The summed E-state index contributed by atoms with van der Waals surface area (Å²) in [4.78, 5) is 0. The summed E-state index contributed by atoms with van der Waals surface area (Å²) < 4.78 is 20.9. The fraction of sp³-hybridized carbons (Fsp3) is 0.700. The molecule has 1 atom stereocenters. The minimum Gasteiger partial charge on any atom is -0.409 e. The third kappa shape index (κ3) is 3.15. The monoisotopic (exact) mass is 336 g/mol. The smallest absolute Gasteiger partial charge is 0.201 e. The minimum atomic E-state index is -1.99. The Kier molecular flexibility index (Phi) is 5.13. The van der Waals surface area contributed by atoms with Crippen LogP contribution in [0, 0.1) is 11.2 Å². The van der Waals surface area contributed by atoms with E-state index in [4.69, 9.17) is 4.43 Å². The van der Waals surface area contributed by atoms with E-state index in [1.807, 2.05) is 6.07 Å². The van der Waals surface area contributed by atoms with E-state index in [1.54, 1.807) is 12.1 Å². The maximum absolute atomic E-state index is 13.9. The average Bonchev–Trinajstić information content (AvgIpc) is 2.64. The number of hydrogen-bond acceptors (Lipinski definition) is 1. The lowest BCUT2D eigenvalue weighted by atomic mass is 9.87. The summed E-state index contributed by atoms with van der Waals surface area (Å²) in [7, 11) is -1.99. The van der Waals surface area contributed by atoms with Crippen LogP contribution >= 0.6 is 0 Å². The molecule has 0 aliphatic heterocycles. The maximum Gasteiger partial charge on any atom is 0.201 e. The van der Waals surface area contributed by atoms with Gasteiger partial charge < -0.3 is 4.43 Å². The summed E-state index contributed by atoms with van der Waals surface area (Å²) in [5.74, 6) is -0.152. The molecule has 1 nitrogen and oxygen atoms in total. The van der Waals surface area contributed by atoms with Gasteiger partial charge in [0.05, 0.1) is 6.10 Å². The van der Waals surface area contributed by atoms with Gasteiger partial charge in [-0.05, 0) is 51.7 Å². The Morgan fingerprint density at radius 3 is 2.04 bits per heavy atom. The van der Waals surface area contributed by atoms with E-state index >= 15 is 0 Å². The van der Waals surface area contributed by atoms with Crippen molar-refractivity contribution in [1.82, 2.24) is 0 Å². The van der Waals surface area contributed by atoms with Gasteiger partial charge in [-0.3, -0.25) is 0 Å². The standard InChI is InChI=1S/C20H33FOSi/c1-13(2)23(14(3)4,15(5)6)22-19-18-11-17(21)10-9-16(18)12-20(19,7)8/h9-11,13-15,19H,12H2,1-8H3. The SMILES string of the molecule is CC(C)[Si](OC1c2cc(F)ccc2CC1(C)C)(C(C)C)C(C)C. The Morgan fingerprint density at radius 1 is 1.04 bits per heavy atom.